The highest BCUT2D eigenvalue weighted by Crippen LogP contribution is 2.24. The summed E-state index contributed by atoms with van der Waals surface area (Å²) in [6, 6.07) is 11.2. The van der Waals surface area contributed by atoms with E-state index in [0.29, 0.717) is 38.5 Å². The second-order valence-electron chi connectivity index (χ2n) is 5.90. The fourth-order valence-corrected chi connectivity index (χ4v) is 3.72. The van der Waals surface area contributed by atoms with Gasteiger partial charge in [0, 0.05) is 31.1 Å². The van der Waals surface area contributed by atoms with Crippen molar-refractivity contribution in [2.24, 2.45) is 0 Å². The third kappa shape index (κ3) is 4.32. The van der Waals surface area contributed by atoms with Crippen molar-refractivity contribution in [1.29, 1.82) is 0 Å². The molecule has 1 fully saturated rings. The Labute approximate surface area is 152 Å². The number of Topliss-reactive ketones (excluding diaryl/α,β-unsaturated/α-hetero) is 1. The molecule has 1 aromatic heterocycles. The lowest BCUT2D eigenvalue weighted by Crippen LogP contribution is -2.50. The summed E-state index contributed by atoms with van der Waals surface area (Å²) in [5, 5.41) is 0. The van der Waals surface area contributed by atoms with E-state index in [4.69, 9.17) is 4.42 Å². The third-order valence-corrected chi connectivity index (χ3v) is 5.20. The first-order chi connectivity index (χ1) is 12.2. The van der Waals surface area contributed by atoms with Gasteiger partial charge < -0.3 is 9.32 Å². The highest BCUT2D eigenvalue weighted by Gasteiger charge is 2.25. The molecule has 2 aromatic rings. The summed E-state index contributed by atoms with van der Waals surface area (Å²) in [6.07, 6.45) is 1.51. The van der Waals surface area contributed by atoms with Gasteiger partial charge in [0.15, 0.2) is 5.76 Å². The molecule has 0 saturated carbocycles. The number of benzene rings is 1. The smallest absolute Gasteiger partial charge is 0.255 e. The van der Waals surface area contributed by atoms with E-state index in [1.807, 2.05) is 29.2 Å². The molecule has 1 aromatic carbocycles. The topological polar surface area (TPSA) is 53.8 Å². The molecule has 0 unspecified atom stereocenters. The van der Waals surface area contributed by atoms with E-state index in [1.54, 1.807) is 23.9 Å². The van der Waals surface area contributed by atoms with E-state index >= 15 is 0 Å². The van der Waals surface area contributed by atoms with Crippen LogP contribution in [-0.4, -0.2) is 60.0 Å². The number of furan rings is 1. The summed E-state index contributed by atoms with van der Waals surface area (Å²) in [5.74, 6) is 1.39. The van der Waals surface area contributed by atoms with Gasteiger partial charge in [0.25, 0.3) is 5.91 Å². The van der Waals surface area contributed by atoms with Crippen LogP contribution in [0.1, 0.15) is 27.8 Å². The number of thioether (sulfide) groups is 1. The number of carbonyl (C=O) groups excluding carboxylic acids is 2. The summed E-state index contributed by atoms with van der Waals surface area (Å²) >= 11 is 1.69. The Morgan fingerprint density at radius 1 is 1.08 bits per heavy atom. The van der Waals surface area contributed by atoms with Gasteiger partial charge in [0.1, 0.15) is 0 Å². The fourth-order valence-electron chi connectivity index (χ4n) is 2.92. The van der Waals surface area contributed by atoms with E-state index in [1.165, 1.54) is 6.26 Å². The molecular weight excluding hydrogens is 336 g/mol. The number of piperazine rings is 1. The van der Waals surface area contributed by atoms with Crippen LogP contribution in [0.25, 0.3) is 0 Å². The molecule has 0 bridgehead atoms. The van der Waals surface area contributed by atoms with E-state index in [2.05, 4.69) is 11.8 Å². The zero-order valence-corrected chi connectivity index (χ0v) is 15.1. The molecule has 0 atom stereocenters. The molecule has 132 valence electrons. The highest BCUT2D eigenvalue weighted by atomic mass is 32.2. The first-order valence-corrected chi connectivity index (χ1v) is 9.47. The SMILES string of the molecule is CCSc1ccccc1C(=O)N1CCN(CC(=O)c2ccco2)CC1. The largest absolute Gasteiger partial charge is 0.461 e. The molecule has 0 spiro atoms. The number of hydrogen-bond donors (Lipinski definition) is 0. The van der Waals surface area contributed by atoms with Crippen molar-refractivity contribution in [3.8, 4) is 0 Å². The van der Waals surface area contributed by atoms with Crippen molar-refractivity contribution in [3.05, 3.63) is 54.0 Å². The molecule has 5 nitrogen and oxygen atoms in total. The van der Waals surface area contributed by atoms with Crippen LogP contribution in [0.15, 0.2) is 52.0 Å². The second kappa shape index (κ2) is 8.36. The Kier molecular flexibility index (Phi) is 5.94. The van der Waals surface area contributed by atoms with Crippen molar-refractivity contribution in [3.63, 3.8) is 0 Å². The molecule has 0 N–H and O–H groups in total. The maximum absolute atomic E-state index is 12.8. The molecule has 2 heterocycles. The quantitative estimate of drug-likeness (QED) is 0.587. The van der Waals surface area contributed by atoms with Gasteiger partial charge in [-0.3, -0.25) is 14.5 Å². The minimum absolute atomic E-state index is 0.0190. The average Bonchev–Trinajstić information content (AvgIpc) is 3.17. The van der Waals surface area contributed by atoms with Crippen molar-refractivity contribution in [1.82, 2.24) is 9.80 Å². The van der Waals surface area contributed by atoms with Crippen LogP contribution in [0.3, 0.4) is 0 Å². The van der Waals surface area contributed by atoms with E-state index in [0.717, 1.165) is 16.2 Å². The summed E-state index contributed by atoms with van der Waals surface area (Å²) < 4.78 is 5.15. The summed E-state index contributed by atoms with van der Waals surface area (Å²) in [6.45, 7) is 5.08. The average molecular weight is 358 g/mol. The Morgan fingerprint density at radius 2 is 1.84 bits per heavy atom. The third-order valence-electron chi connectivity index (χ3n) is 4.24. The van der Waals surface area contributed by atoms with Gasteiger partial charge in [-0.2, -0.15) is 0 Å². The van der Waals surface area contributed by atoms with Gasteiger partial charge >= 0.3 is 0 Å². The predicted molar refractivity (Wildman–Crippen MR) is 98.2 cm³/mol. The molecule has 1 aliphatic rings. The highest BCUT2D eigenvalue weighted by molar-refractivity contribution is 7.99. The zero-order valence-electron chi connectivity index (χ0n) is 14.3. The van der Waals surface area contributed by atoms with Crippen LogP contribution in [0.4, 0.5) is 0 Å². The number of nitrogens with zero attached hydrogens (tertiary/aromatic N) is 2. The molecule has 1 saturated heterocycles. The molecule has 0 aliphatic carbocycles. The van der Waals surface area contributed by atoms with E-state index < -0.39 is 0 Å². The Hall–Kier alpha value is -2.05. The van der Waals surface area contributed by atoms with Gasteiger partial charge in [-0.1, -0.05) is 19.1 Å². The molecule has 3 rings (SSSR count). The molecule has 25 heavy (non-hydrogen) atoms. The lowest BCUT2D eigenvalue weighted by molar-refractivity contribution is 0.0617. The molecule has 1 aliphatic heterocycles. The van der Waals surface area contributed by atoms with Crippen LogP contribution in [0.2, 0.25) is 0 Å². The van der Waals surface area contributed by atoms with Crippen molar-refractivity contribution < 1.29 is 14.0 Å². The molecule has 6 heteroatoms. The van der Waals surface area contributed by atoms with Gasteiger partial charge in [0.2, 0.25) is 5.78 Å². The summed E-state index contributed by atoms with van der Waals surface area (Å²) in [4.78, 5) is 29.9. The fraction of sp³-hybridized carbons (Fsp3) is 0.368. The number of amides is 1. The number of ketones is 1. The minimum atomic E-state index is -0.0190. The molecule has 0 radical (unpaired) electrons. The number of rotatable bonds is 6. The van der Waals surface area contributed by atoms with Gasteiger partial charge in [0.05, 0.1) is 18.4 Å². The Balaban J connectivity index is 1.57. The van der Waals surface area contributed by atoms with Crippen LogP contribution in [0.5, 0.6) is 0 Å². The van der Waals surface area contributed by atoms with Gasteiger partial charge in [-0.25, -0.2) is 0 Å². The normalized spacial score (nSPS) is 15.3. The van der Waals surface area contributed by atoms with Gasteiger partial charge in [-0.15, -0.1) is 11.8 Å². The van der Waals surface area contributed by atoms with Gasteiger partial charge in [-0.05, 0) is 30.0 Å². The van der Waals surface area contributed by atoms with E-state index in [-0.39, 0.29) is 11.7 Å². The summed E-state index contributed by atoms with van der Waals surface area (Å²) in [7, 11) is 0. The van der Waals surface area contributed by atoms with Crippen LogP contribution >= 0.6 is 11.8 Å². The summed E-state index contributed by atoms with van der Waals surface area (Å²) in [5.41, 5.74) is 0.773. The van der Waals surface area contributed by atoms with Crippen LogP contribution in [-0.2, 0) is 0 Å². The first kappa shape index (κ1) is 17.8. The minimum Gasteiger partial charge on any atom is -0.461 e. The van der Waals surface area contributed by atoms with Crippen molar-refractivity contribution in [2.75, 3.05) is 38.5 Å². The zero-order chi connectivity index (χ0) is 17.6. The standard InChI is InChI=1S/C19H22N2O3S/c1-2-25-18-8-4-3-6-15(18)19(23)21-11-9-20(10-12-21)14-16(22)17-7-5-13-24-17/h3-8,13H,2,9-12,14H2,1H3. The van der Waals surface area contributed by atoms with E-state index in [9.17, 15) is 9.59 Å². The maximum Gasteiger partial charge on any atom is 0.255 e. The lowest BCUT2D eigenvalue weighted by atomic mass is 10.1. The van der Waals surface area contributed by atoms with Crippen molar-refractivity contribution in [2.45, 2.75) is 11.8 Å². The maximum atomic E-state index is 12.8. The molecule has 1 amide bonds. The van der Waals surface area contributed by atoms with Crippen molar-refractivity contribution >= 4 is 23.5 Å². The number of hydrogen-bond acceptors (Lipinski definition) is 5. The van der Waals surface area contributed by atoms with Crippen LogP contribution < -0.4 is 0 Å². The van der Waals surface area contributed by atoms with Crippen LogP contribution in [0, 0.1) is 0 Å². The molecular formula is C19H22N2O3S. The number of carbonyl (C=O) groups is 2. The Bertz CT molecular complexity index is 722. The predicted octanol–water partition coefficient (Wildman–Crippen LogP) is 3.03. The first-order valence-electron chi connectivity index (χ1n) is 8.49. The lowest BCUT2D eigenvalue weighted by Gasteiger charge is -2.34. The second-order valence-corrected chi connectivity index (χ2v) is 7.20. The monoisotopic (exact) mass is 358 g/mol. The Morgan fingerprint density at radius 3 is 2.52 bits per heavy atom.